The summed E-state index contributed by atoms with van der Waals surface area (Å²) in [6.45, 7) is 1.75. The zero-order valence-corrected chi connectivity index (χ0v) is 5.81. The van der Waals surface area contributed by atoms with Gasteiger partial charge in [-0.3, -0.25) is 4.21 Å². The van der Waals surface area contributed by atoms with Crippen molar-refractivity contribution in [3.8, 4) is 0 Å². The molecule has 0 aromatic rings. The van der Waals surface area contributed by atoms with Gasteiger partial charge >= 0.3 is 0 Å². The molecule has 1 unspecified atom stereocenters. The van der Waals surface area contributed by atoms with Crippen LogP contribution >= 0.6 is 0 Å². The molecule has 0 spiro atoms. The van der Waals surface area contributed by atoms with E-state index in [0.717, 1.165) is 0 Å². The van der Waals surface area contributed by atoms with Crippen LogP contribution in [0.4, 0.5) is 0 Å². The first kappa shape index (κ1) is 8.67. The van der Waals surface area contributed by atoms with Gasteiger partial charge < -0.3 is 4.55 Å². The van der Waals surface area contributed by atoms with Crippen molar-refractivity contribution >= 4 is 11.3 Å². The Labute approximate surface area is 55.4 Å². The Kier molecular flexibility index (Phi) is 4.37. The maximum Gasteiger partial charge on any atom is 0.254 e. The Bertz CT molecular complexity index is 126. The molecule has 0 aliphatic carbocycles. The summed E-state index contributed by atoms with van der Waals surface area (Å²) in [5.41, 5.74) is 0. The van der Waals surface area contributed by atoms with Gasteiger partial charge in [0.25, 0.3) is 6.67 Å². The van der Waals surface area contributed by atoms with Crippen molar-refractivity contribution in [3.05, 3.63) is 4.91 Å². The number of nitrogens with zero attached hydrogens (tertiary/aromatic N) is 1. The van der Waals surface area contributed by atoms with Crippen LogP contribution in [0.25, 0.3) is 0 Å². The zero-order chi connectivity index (χ0) is 7.28. The summed E-state index contributed by atoms with van der Waals surface area (Å²) in [5.74, 6) is 0. The van der Waals surface area contributed by atoms with Crippen molar-refractivity contribution in [3.63, 3.8) is 0 Å². The van der Waals surface area contributed by atoms with Crippen molar-refractivity contribution in [2.45, 2.75) is 6.92 Å². The average Bonchev–Trinajstić information content (AvgIpc) is 1.83. The second kappa shape index (κ2) is 4.54. The van der Waals surface area contributed by atoms with E-state index in [0.29, 0.717) is 4.76 Å². The molecule has 54 valence electrons. The van der Waals surface area contributed by atoms with Crippen LogP contribution in [0.3, 0.4) is 0 Å². The number of hydrogen-bond acceptors (Lipinski definition) is 3. The SMILES string of the molecule is CC[N+](=O)CNS(=O)[O-]. The summed E-state index contributed by atoms with van der Waals surface area (Å²) in [6.07, 6.45) is 0. The molecular formula is C3H8N2O3S. The molecular weight excluding hydrogens is 144 g/mol. The lowest BCUT2D eigenvalue weighted by molar-refractivity contribution is -0.547. The Morgan fingerprint density at radius 3 is 2.67 bits per heavy atom. The molecule has 9 heavy (non-hydrogen) atoms. The molecule has 6 heteroatoms. The van der Waals surface area contributed by atoms with Gasteiger partial charge in [-0.1, -0.05) is 0 Å². The molecule has 0 aliphatic heterocycles. The van der Waals surface area contributed by atoms with Gasteiger partial charge in [-0.2, -0.15) is 4.72 Å². The van der Waals surface area contributed by atoms with E-state index in [-0.39, 0.29) is 13.2 Å². The Balaban J connectivity index is 3.28. The van der Waals surface area contributed by atoms with Crippen molar-refractivity contribution in [1.82, 2.24) is 4.72 Å². The topological polar surface area (TPSA) is 72.2 Å². The first-order valence-electron chi connectivity index (χ1n) is 2.41. The molecule has 0 fully saturated rings. The molecule has 0 aromatic carbocycles. The van der Waals surface area contributed by atoms with Gasteiger partial charge in [0.1, 0.15) is 0 Å². The smallest absolute Gasteiger partial charge is 0.254 e. The van der Waals surface area contributed by atoms with Crippen molar-refractivity contribution in [2.24, 2.45) is 0 Å². The van der Waals surface area contributed by atoms with Crippen LogP contribution in [-0.4, -0.2) is 26.7 Å². The van der Waals surface area contributed by atoms with Crippen LogP contribution in [0.1, 0.15) is 6.92 Å². The fourth-order valence-corrected chi connectivity index (χ4v) is 0.486. The van der Waals surface area contributed by atoms with Gasteiger partial charge in [0, 0.05) is 20.9 Å². The summed E-state index contributed by atoms with van der Waals surface area (Å²) in [7, 11) is 0. The summed E-state index contributed by atoms with van der Waals surface area (Å²) < 4.78 is 22.0. The molecule has 0 saturated heterocycles. The standard InChI is InChI=1S/C3H8N2O3S/c1-2-5(6)3-4-9(7)8/h4H,2-3H2,1H3. The van der Waals surface area contributed by atoms with E-state index in [1.807, 2.05) is 4.72 Å². The molecule has 0 aromatic heterocycles. The monoisotopic (exact) mass is 152 g/mol. The van der Waals surface area contributed by atoms with Crippen LogP contribution in [0.5, 0.6) is 0 Å². The van der Waals surface area contributed by atoms with E-state index in [2.05, 4.69) is 0 Å². The molecule has 0 heterocycles. The van der Waals surface area contributed by atoms with Crippen LogP contribution in [-0.2, 0) is 11.3 Å². The normalized spacial score (nSPS) is 13.1. The van der Waals surface area contributed by atoms with E-state index >= 15 is 0 Å². The van der Waals surface area contributed by atoms with Crippen molar-refractivity contribution < 1.29 is 13.5 Å². The van der Waals surface area contributed by atoms with Gasteiger partial charge in [-0.05, 0) is 6.92 Å². The fourth-order valence-electron chi connectivity index (χ4n) is 0.237. The maximum absolute atomic E-state index is 10.3. The second-order valence-corrected chi connectivity index (χ2v) is 2.09. The van der Waals surface area contributed by atoms with E-state index in [1.54, 1.807) is 6.92 Å². The third kappa shape index (κ3) is 5.54. The minimum Gasteiger partial charge on any atom is -0.760 e. The molecule has 1 atom stereocenters. The predicted molar refractivity (Wildman–Crippen MR) is 31.1 cm³/mol. The third-order valence-electron chi connectivity index (χ3n) is 0.711. The zero-order valence-electron chi connectivity index (χ0n) is 4.99. The van der Waals surface area contributed by atoms with Crippen LogP contribution in [0, 0.1) is 4.91 Å². The molecule has 0 aliphatic rings. The van der Waals surface area contributed by atoms with E-state index in [1.165, 1.54) is 0 Å². The maximum atomic E-state index is 10.3. The van der Waals surface area contributed by atoms with Gasteiger partial charge in [-0.15, -0.1) is 0 Å². The second-order valence-electron chi connectivity index (χ2n) is 1.34. The van der Waals surface area contributed by atoms with E-state index < -0.39 is 11.3 Å². The minimum absolute atomic E-state index is 0.174. The van der Waals surface area contributed by atoms with Crippen LogP contribution in [0.15, 0.2) is 0 Å². The van der Waals surface area contributed by atoms with Gasteiger partial charge in [0.2, 0.25) is 0 Å². The first-order chi connectivity index (χ1) is 4.16. The average molecular weight is 152 g/mol. The molecule has 0 amide bonds. The lowest BCUT2D eigenvalue weighted by Crippen LogP contribution is -2.26. The third-order valence-corrected chi connectivity index (χ3v) is 1.08. The Morgan fingerprint density at radius 2 is 2.33 bits per heavy atom. The summed E-state index contributed by atoms with van der Waals surface area (Å²) in [6, 6.07) is 0. The Hall–Kier alpha value is -0.330. The lowest BCUT2D eigenvalue weighted by Gasteiger charge is -1.99. The lowest BCUT2D eigenvalue weighted by atomic mass is 10.7. The minimum atomic E-state index is -2.33. The van der Waals surface area contributed by atoms with Crippen molar-refractivity contribution in [1.29, 1.82) is 0 Å². The van der Waals surface area contributed by atoms with Gasteiger partial charge in [0.05, 0.1) is 0 Å². The molecule has 0 bridgehead atoms. The molecule has 0 rings (SSSR count). The van der Waals surface area contributed by atoms with Gasteiger partial charge in [0.15, 0.2) is 6.54 Å². The number of nitrogens with one attached hydrogen (secondary N) is 1. The highest BCUT2D eigenvalue weighted by Gasteiger charge is 1.99. The Morgan fingerprint density at radius 1 is 1.78 bits per heavy atom. The van der Waals surface area contributed by atoms with Crippen molar-refractivity contribution in [2.75, 3.05) is 13.2 Å². The largest absolute Gasteiger partial charge is 0.760 e. The fraction of sp³-hybridized carbons (Fsp3) is 1.00. The quantitative estimate of drug-likeness (QED) is 0.323. The van der Waals surface area contributed by atoms with E-state index in [4.69, 9.17) is 0 Å². The van der Waals surface area contributed by atoms with E-state index in [9.17, 15) is 13.7 Å². The molecule has 0 saturated carbocycles. The molecule has 1 N–H and O–H groups in total. The number of hydrogen-bond donors (Lipinski definition) is 1. The first-order valence-corrected chi connectivity index (χ1v) is 3.49. The summed E-state index contributed by atoms with van der Waals surface area (Å²) >= 11 is -2.33. The highest BCUT2D eigenvalue weighted by atomic mass is 32.2. The molecule has 5 nitrogen and oxygen atoms in total. The highest BCUT2D eigenvalue weighted by molar-refractivity contribution is 7.77. The van der Waals surface area contributed by atoms with Gasteiger partial charge in [-0.25, -0.2) is 0 Å². The summed E-state index contributed by atoms with van der Waals surface area (Å²) in [4.78, 5) is 10.3. The number of rotatable bonds is 4. The number of nitroso groups, excluding NO2 is 1. The van der Waals surface area contributed by atoms with Crippen LogP contribution < -0.4 is 4.72 Å². The highest BCUT2D eigenvalue weighted by Crippen LogP contribution is 1.68. The summed E-state index contributed by atoms with van der Waals surface area (Å²) in [5, 5.41) is 0. The predicted octanol–water partition coefficient (Wildman–Crippen LogP) is -0.874. The van der Waals surface area contributed by atoms with Crippen LogP contribution in [0.2, 0.25) is 0 Å². The molecule has 0 radical (unpaired) electrons.